The Morgan fingerprint density at radius 3 is 2.79 bits per heavy atom. The number of anilines is 3. The first-order valence-electron chi connectivity index (χ1n) is 6.63. The third-order valence-corrected chi connectivity index (χ3v) is 2.82. The molecule has 0 fully saturated rings. The molecule has 0 bridgehead atoms. The molecule has 0 aliphatic rings. The summed E-state index contributed by atoms with van der Waals surface area (Å²) in [5.74, 6) is 1.96. The Morgan fingerprint density at radius 1 is 1.21 bits per heavy atom. The second kappa shape index (κ2) is 6.18. The second-order valence-corrected chi connectivity index (χ2v) is 4.70. The first-order valence-corrected chi connectivity index (χ1v) is 6.63. The largest absolute Gasteiger partial charge is 0.354 e. The van der Waals surface area contributed by atoms with Crippen LogP contribution >= 0.6 is 0 Å². The van der Waals surface area contributed by atoms with Gasteiger partial charge in [-0.1, -0.05) is 26.0 Å². The van der Waals surface area contributed by atoms with Crippen molar-refractivity contribution in [3.05, 3.63) is 42.1 Å². The van der Waals surface area contributed by atoms with Crippen LogP contribution in [0.1, 0.15) is 32.3 Å². The van der Waals surface area contributed by atoms with Crippen molar-refractivity contribution < 1.29 is 0 Å². The van der Waals surface area contributed by atoms with Gasteiger partial charge in [0.15, 0.2) is 0 Å². The predicted molar refractivity (Wildman–Crippen MR) is 80.0 cm³/mol. The standard InChI is InChI=1S/C15H20N4/c1-4-16-15-17-9-8-14(19-15)18-13-7-5-6-12(10-13)11(2)3/h5-11H,4H2,1-3H3,(H2,16,17,18,19). The van der Waals surface area contributed by atoms with Gasteiger partial charge in [-0.05, 0) is 36.6 Å². The minimum Gasteiger partial charge on any atom is -0.354 e. The van der Waals surface area contributed by atoms with E-state index in [1.807, 2.05) is 19.1 Å². The Labute approximate surface area is 114 Å². The van der Waals surface area contributed by atoms with Crippen molar-refractivity contribution in [2.24, 2.45) is 0 Å². The summed E-state index contributed by atoms with van der Waals surface area (Å²) >= 11 is 0. The highest BCUT2D eigenvalue weighted by atomic mass is 15.1. The van der Waals surface area contributed by atoms with Gasteiger partial charge in [0.2, 0.25) is 5.95 Å². The van der Waals surface area contributed by atoms with Gasteiger partial charge in [0, 0.05) is 18.4 Å². The highest BCUT2D eigenvalue weighted by Gasteiger charge is 2.02. The molecule has 0 radical (unpaired) electrons. The first kappa shape index (κ1) is 13.3. The molecule has 100 valence electrons. The average Bonchev–Trinajstić information content (AvgIpc) is 2.40. The fraction of sp³-hybridized carbons (Fsp3) is 0.333. The molecule has 0 aliphatic carbocycles. The molecule has 1 aromatic heterocycles. The fourth-order valence-corrected chi connectivity index (χ4v) is 1.80. The number of hydrogen-bond donors (Lipinski definition) is 2. The molecular weight excluding hydrogens is 236 g/mol. The summed E-state index contributed by atoms with van der Waals surface area (Å²) in [6.45, 7) is 7.21. The van der Waals surface area contributed by atoms with E-state index in [4.69, 9.17) is 0 Å². The maximum atomic E-state index is 4.40. The molecule has 1 heterocycles. The SMILES string of the molecule is CCNc1nccc(Nc2cccc(C(C)C)c2)n1. The highest BCUT2D eigenvalue weighted by Crippen LogP contribution is 2.21. The normalized spacial score (nSPS) is 10.5. The minimum atomic E-state index is 0.518. The predicted octanol–water partition coefficient (Wildman–Crippen LogP) is 3.78. The van der Waals surface area contributed by atoms with Crippen molar-refractivity contribution in [2.75, 3.05) is 17.2 Å². The lowest BCUT2D eigenvalue weighted by Crippen LogP contribution is -2.03. The molecule has 0 saturated heterocycles. The van der Waals surface area contributed by atoms with Crippen LogP contribution in [0.25, 0.3) is 0 Å². The second-order valence-electron chi connectivity index (χ2n) is 4.70. The van der Waals surface area contributed by atoms with Gasteiger partial charge in [-0.2, -0.15) is 4.98 Å². The quantitative estimate of drug-likeness (QED) is 0.855. The lowest BCUT2D eigenvalue weighted by atomic mass is 10.0. The Bertz CT molecular complexity index is 537. The van der Waals surface area contributed by atoms with E-state index in [0.29, 0.717) is 11.9 Å². The molecule has 0 atom stereocenters. The molecule has 4 heteroatoms. The van der Waals surface area contributed by atoms with Gasteiger partial charge in [-0.15, -0.1) is 0 Å². The van der Waals surface area contributed by atoms with Crippen molar-refractivity contribution in [3.63, 3.8) is 0 Å². The van der Waals surface area contributed by atoms with Crippen molar-refractivity contribution in [3.8, 4) is 0 Å². The third-order valence-electron chi connectivity index (χ3n) is 2.82. The van der Waals surface area contributed by atoms with Crippen LogP contribution in [0.2, 0.25) is 0 Å². The summed E-state index contributed by atoms with van der Waals surface area (Å²) in [5.41, 5.74) is 2.36. The van der Waals surface area contributed by atoms with Crippen LogP contribution in [0.15, 0.2) is 36.5 Å². The monoisotopic (exact) mass is 256 g/mol. The van der Waals surface area contributed by atoms with E-state index in [-0.39, 0.29) is 0 Å². The van der Waals surface area contributed by atoms with Gasteiger partial charge < -0.3 is 10.6 Å². The van der Waals surface area contributed by atoms with Gasteiger partial charge >= 0.3 is 0 Å². The topological polar surface area (TPSA) is 49.8 Å². The van der Waals surface area contributed by atoms with Gasteiger partial charge in [0.05, 0.1) is 0 Å². The molecule has 0 aliphatic heterocycles. The number of nitrogens with zero attached hydrogens (tertiary/aromatic N) is 2. The summed E-state index contributed by atoms with van der Waals surface area (Å²) < 4.78 is 0. The van der Waals surface area contributed by atoms with Crippen molar-refractivity contribution in [1.82, 2.24) is 9.97 Å². The first-order chi connectivity index (χ1) is 9.19. The lowest BCUT2D eigenvalue weighted by Gasteiger charge is -2.10. The summed E-state index contributed by atoms with van der Waals surface area (Å²) in [4.78, 5) is 8.55. The Balaban J connectivity index is 2.16. The van der Waals surface area contributed by atoms with E-state index in [1.54, 1.807) is 6.20 Å². The number of nitrogens with one attached hydrogen (secondary N) is 2. The third kappa shape index (κ3) is 3.68. The van der Waals surface area contributed by atoms with Crippen molar-refractivity contribution in [1.29, 1.82) is 0 Å². The van der Waals surface area contributed by atoms with E-state index >= 15 is 0 Å². The zero-order valence-corrected chi connectivity index (χ0v) is 11.6. The van der Waals surface area contributed by atoms with Gasteiger partial charge in [-0.25, -0.2) is 4.98 Å². The van der Waals surface area contributed by atoms with Crippen LogP contribution in [-0.4, -0.2) is 16.5 Å². The number of benzene rings is 1. The van der Waals surface area contributed by atoms with Crippen LogP contribution in [0, 0.1) is 0 Å². The van der Waals surface area contributed by atoms with E-state index < -0.39 is 0 Å². The van der Waals surface area contributed by atoms with Crippen LogP contribution in [0.3, 0.4) is 0 Å². The molecule has 2 aromatic rings. The maximum absolute atomic E-state index is 4.40. The van der Waals surface area contributed by atoms with E-state index in [1.165, 1.54) is 5.56 Å². The molecular formula is C15H20N4. The summed E-state index contributed by atoms with van der Waals surface area (Å²) in [5, 5.41) is 6.41. The van der Waals surface area contributed by atoms with Crippen LogP contribution < -0.4 is 10.6 Å². The summed E-state index contributed by atoms with van der Waals surface area (Å²) in [6, 6.07) is 10.3. The Kier molecular flexibility index (Phi) is 4.34. The number of aromatic nitrogens is 2. The van der Waals surface area contributed by atoms with E-state index in [9.17, 15) is 0 Å². The summed E-state index contributed by atoms with van der Waals surface area (Å²) in [7, 11) is 0. The molecule has 0 amide bonds. The number of hydrogen-bond acceptors (Lipinski definition) is 4. The number of rotatable bonds is 5. The van der Waals surface area contributed by atoms with Gasteiger partial charge in [0.25, 0.3) is 0 Å². The maximum Gasteiger partial charge on any atom is 0.224 e. The van der Waals surface area contributed by atoms with Crippen molar-refractivity contribution in [2.45, 2.75) is 26.7 Å². The molecule has 2 rings (SSSR count). The zero-order chi connectivity index (χ0) is 13.7. The average molecular weight is 256 g/mol. The lowest BCUT2D eigenvalue weighted by molar-refractivity contribution is 0.867. The van der Waals surface area contributed by atoms with Crippen molar-refractivity contribution >= 4 is 17.5 Å². The summed E-state index contributed by atoms with van der Waals surface area (Å²) in [6.07, 6.45) is 1.75. The van der Waals surface area contributed by atoms with Crippen LogP contribution in [0.4, 0.5) is 17.5 Å². The van der Waals surface area contributed by atoms with Gasteiger partial charge in [0.1, 0.15) is 5.82 Å². The molecule has 0 unspecified atom stereocenters. The van der Waals surface area contributed by atoms with Gasteiger partial charge in [-0.3, -0.25) is 0 Å². The van der Waals surface area contributed by atoms with E-state index in [2.05, 4.69) is 52.6 Å². The molecule has 19 heavy (non-hydrogen) atoms. The smallest absolute Gasteiger partial charge is 0.224 e. The molecule has 1 aromatic carbocycles. The van der Waals surface area contributed by atoms with Crippen LogP contribution in [-0.2, 0) is 0 Å². The highest BCUT2D eigenvalue weighted by molar-refractivity contribution is 5.58. The minimum absolute atomic E-state index is 0.518. The Hall–Kier alpha value is -2.10. The van der Waals surface area contributed by atoms with E-state index in [0.717, 1.165) is 18.1 Å². The van der Waals surface area contributed by atoms with Crippen LogP contribution in [0.5, 0.6) is 0 Å². The molecule has 4 nitrogen and oxygen atoms in total. The Morgan fingerprint density at radius 2 is 2.05 bits per heavy atom. The zero-order valence-electron chi connectivity index (χ0n) is 11.6. The molecule has 0 spiro atoms. The molecule has 2 N–H and O–H groups in total. The fourth-order valence-electron chi connectivity index (χ4n) is 1.80. The molecule has 0 saturated carbocycles.